The van der Waals surface area contributed by atoms with Crippen molar-refractivity contribution in [2.75, 3.05) is 0 Å². The summed E-state index contributed by atoms with van der Waals surface area (Å²) in [6.07, 6.45) is 11.0. The van der Waals surface area contributed by atoms with Gasteiger partial charge in [-0.1, -0.05) is 6.92 Å². The maximum absolute atomic E-state index is 3.49. The summed E-state index contributed by atoms with van der Waals surface area (Å²) in [5, 5.41) is 0. The minimum absolute atomic E-state index is 0. The molecule has 0 saturated heterocycles. The summed E-state index contributed by atoms with van der Waals surface area (Å²) in [6.45, 7) is 5.50. The summed E-state index contributed by atoms with van der Waals surface area (Å²) in [5.74, 6) is 0. The van der Waals surface area contributed by atoms with E-state index >= 15 is 0 Å². The van der Waals surface area contributed by atoms with E-state index in [1.54, 1.807) is 0 Å². The first-order valence-corrected chi connectivity index (χ1v) is 2.92. The first-order chi connectivity index (χ1) is 3.91. The average Bonchev–Trinajstić information content (AvgIpc) is 2.17. The van der Waals surface area contributed by atoms with Crippen LogP contribution in [-0.2, 0) is 25.8 Å². The number of hydrogen-bond donors (Lipinski definition) is 0. The minimum Gasteiger partial charge on any atom is -1.00 e. The SMILES string of the molecule is [C-]1=CC=CC1.[CH2-]CC.[Cl-].[Cl-].[Cl-].[Hf]. The first-order valence-electron chi connectivity index (χ1n) is 2.92. The van der Waals surface area contributed by atoms with Crippen molar-refractivity contribution in [1.29, 1.82) is 0 Å². The van der Waals surface area contributed by atoms with E-state index in [0.717, 1.165) is 12.8 Å². The third-order valence-electron chi connectivity index (χ3n) is 0.586. The van der Waals surface area contributed by atoms with Crippen LogP contribution in [0.1, 0.15) is 19.8 Å². The summed E-state index contributed by atoms with van der Waals surface area (Å²) in [4.78, 5) is 0. The second-order valence-corrected chi connectivity index (χ2v) is 1.50. The summed E-state index contributed by atoms with van der Waals surface area (Å²) in [5.41, 5.74) is 0. The fourth-order valence-corrected chi connectivity index (χ4v) is 0.340. The second kappa shape index (κ2) is 29.5. The van der Waals surface area contributed by atoms with E-state index < -0.39 is 0 Å². The predicted octanol–water partition coefficient (Wildman–Crippen LogP) is -6.45. The summed E-state index contributed by atoms with van der Waals surface area (Å²) < 4.78 is 0. The molecule has 0 amide bonds. The Bertz CT molecular complexity index is 82.3. The fourth-order valence-electron chi connectivity index (χ4n) is 0.340. The fraction of sp³-hybridized carbons (Fsp3) is 0.375. The van der Waals surface area contributed by atoms with Crippen LogP contribution >= 0.6 is 0 Å². The van der Waals surface area contributed by atoms with Gasteiger partial charge in [0.15, 0.2) is 0 Å². The minimum atomic E-state index is 0. The molecule has 12 heavy (non-hydrogen) atoms. The van der Waals surface area contributed by atoms with Crippen molar-refractivity contribution in [1.82, 2.24) is 0 Å². The smallest absolute Gasteiger partial charge is 0 e. The molecule has 0 radical (unpaired) electrons. The van der Waals surface area contributed by atoms with E-state index in [4.69, 9.17) is 0 Å². The second-order valence-electron chi connectivity index (χ2n) is 1.50. The molecule has 0 N–H and O–H groups in total. The maximum Gasteiger partial charge on any atom is 0 e. The molecular formula is C8H12Cl3Hf-5. The van der Waals surface area contributed by atoms with Gasteiger partial charge in [0, 0.05) is 25.8 Å². The van der Waals surface area contributed by atoms with E-state index in [2.05, 4.69) is 19.1 Å². The maximum atomic E-state index is 3.49. The third-order valence-corrected chi connectivity index (χ3v) is 0.586. The topological polar surface area (TPSA) is 0 Å². The number of halogens is 3. The van der Waals surface area contributed by atoms with Gasteiger partial charge in [-0.15, -0.1) is 6.42 Å². The molecule has 0 fully saturated rings. The predicted molar refractivity (Wildman–Crippen MR) is 37.2 cm³/mol. The van der Waals surface area contributed by atoms with Gasteiger partial charge in [-0.05, 0) is 0 Å². The molecular weight excluding hydrogens is 381 g/mol. The van der Waals surface area contributed by atoms with E-state index in [0.29, 0.717) is 0 Å². The van der Waals surface area contributed by atoms with E-state index in [1.807, 2.05) is 19.1 Å². The van der Waals surface area contributed by atoms with Gasteiger partial charge in [0.25, 0.3) is 0 Å². The Hall–Kier alpha value is 1.22. The standard InChI is InChI=1S/C5H5.C3H7.3ClH.Hf/c1-2-4-5-3-1;1-3-2;;;;/h1-3H,4H2;1,3H2,2H3;3*1H;/q2*-1;;;;/p-3. The van der Waals surface area contributed by atoms with Crippen LogP contribution in [0, 0.1) is 13.0 Å². The Morgan fingerprint density at radius 3 is 1.83 bits per heavy atom. The molecule has 0 aromatic heterocycles. The van der Waals surface area contributed by atoms with Crippen molar-refractivity contribution in [2.24, 2.45) is 0 Å². The Balaban J connectivity index is -0.0000000219. The largest absolute Gasteiger partial charge is 1.00 e. The zero-order valence-electron chi connectivity index (χ0n) is 6.99. The monoisotopic (exact) mass is 393 g/mol. The zero-order valence-corrected chi connectivity index (χ0v) is 12.8. The molecule has 1 rings (SSSR count). The molecule has 0 aromatic rings. The molecule has 0 saturated carbocycles. The van der Waals surface area contributed by atoms with Gasteiger partial charge in [-0.3, -0.25) is 6.08 Å². The van der Waals surface area contributed by atoms with Gasteiger partial charge in [-0.25, -0.2) is 12.2 Å². The molecule has 0 aliphatic heterocycles. The van der Waals surface area contributed by atoms with Crippen molar-refractivity contribution < 1.29 is 63.1 Å². The van der Waals surface area contributed by atoms with Crippen molar-refractivity contribution in [3.63, 3.8) is 0 Å². The zero-order chi connectivity index (χ0) is 6.24. The van der Waals surface area contributed by atoms with Gasteiger partial charge < -0.3 is 44.1 Å². The first kappa shape index (κ1) is 29.2. The average molecular weight is 393 g/mol. The number of hydrogen-bond acceptors (Lipinski definition) is 0. The van der Waals surface area contributed by atoms with Crippen LogP contribution in [0.4, 0.5) is 0 Å². The van der Waals surface area contributed by atoms with E-state index in [-0.39, 0.29) is 63.1 Å². The van der Waals surface area contributed by atoms with Crippen LogP contribution in [-0.4, -0.2) is 0 Å². The van der Waals surface area contributed by atoms with Crippen molar-refractivity contribution in [2.45, 2.75) is 19.8 Å². The van der Waals surface area contributed by atoms with E-state index in [1.165, 1.54) is 0 Å². The van der Waals surface area contributed by atoms with Crippen LogP contribution in [0.25, 0.3) is 0 Å². The molecule has 0 bridgehead atoms. The quantitative estimate of drug-likeness (QED) is 0.284. The van der Waals surface area contributed by atoms with Crippen molar-refractivity contribution in [3.8, 4) is 0 Å². The Labute approximate surface area is 113 Å². The van der Waals surface area contributed by atoms with Gasteiger partial charge in [0.05, 0.1) is 0 Å². The molecule has 1 aliphatic carbocycles. The molecule has 0 heterocycles. The van der Waals surface area contributed by atoms with Crippen LogP contribution < -0.4 is 37.2 Å². The normalized spacial score (nSPS) is 8.83. The molecule has 0 spiro atoms. The van der Waals surface area contributed by atoms with Crippen LogP contribution in [0.15, 0.2) is 18.2 Å². The number of rotatable bonds is 0. The van der Waals surface area contributed by atoms with Gasteiger partial charge in [0.1, 0.15) is 0 Å². The third kappa shape index (κ3) is 30.3. The van der Waals surface area contributed by atoms with Crippen LogP contribution in [0.3, 0.4) is 0 Å². The molecule has 1 aliphatic rings. The number of allylic oxidation sites excluding steroid dienone is 4. The molecule has 4 heteroatoms. The molecule has 0 aromatic carbocycles. The molecule has 0 atom stereocenters. The van der Waals surface area contributed by atoms with Crippen LogP contribution in [0.2, 0.25) is 0 Å². The van der Waals surface area contributed by atoms with Gasteiger partial charge in [-0.2, -0.15) is 12.5 Å². The van der Waals surface area contributed by atoms with E-state index in [9.17, 15) is 0 Å². The van der Waals surface area contributed by atoms with Crippen LogP contribution in [0.5, 0.6) is 0 Å². The van der Waals surface area contributed by atoms with Crippen molar-refractivity contribution >= 4 is 0 Å². The Morgan fingerprint density at radius 2 is 1.75 bits per heavy atom. The van der Waals surface area contributed by atoms with Gasteiger partial charge in [0.2, 0.25) is 0 Å². The Morgan fingerprint density at radius 1 is 1.33 bits per heavy atom. The molecule has 0 nitrogen and oxygen atoms in total. The molecule has 0 unspecified atom stereocenters. The Kier molecular flexibility index (Phi) is 71.9. The van der Waals surface area contributed by atoms with Crippen molar-refractivity contribution in [3.05, 3.63) is 31.2 Å². The summed E-state index contributed by atoms with van der Waals surface area (Å²) >= 11 is 0. The molecule has 74 valence electrons. The summed E-state index contributed by atoms with van der Waals surface area (Å²) in [6, 6.07) is 0. The van der Waals surface area contributed by atoms with Gasteiger partial charge >= 0.3 is 0 Å². The summed E-state index contributed by atoms with van der Waals surface area (Å²) in [7, 11) is 0.